The highest BCUT2D eigenvalue weighted by atomic mass is 16.5. The van der Waals surface area contributed by atoms with Crippen molar-refractivity contribution in [3.63, 3.8) is 0 Å². The predicted octanol–water partition coefficient (Wildman–Crippen LogP) is -0.193. The molecule has 138 valence electrons. The van der Waals surface area contributed by atoms with E-state index in [4.69, 9.17) is 4.74 Å². The Morgan fingerprint density at radius 3 is 2.92 bits per heavy atom. The second kappa shape index (κ2) is 8.71. The average Bonchev–Trinajstić information content (AvgIpc) is 3.03. The molecule has 3 rings (SSSR count). The smallest absolute Gasteiger partial charge is 0.224 e. The highest BCUT2D eigenvalue weighted by Gasteiger charge is 2.37. The van der Waals surface area contributed by atoms with Gasteiger partial charge in [0.2, 0.25) is 5.91 Å². The second-order valence-corrected chi connectivity index (χ2v) is 6.93. The van der Waals surface area contributed by atoms with E-state index >= 15 is 0 Å². The van der Waals surface area contributed by atoms with E-state index in [0.29, 0.717) is 39.3 Å². The van der Waals surface area contributed by atoms with Crippen LogP contribution in [-0.2, 0) is 16.1 Å². The monoisotopic (exact) mass is 348 g/mol. The number of amides is 1. The molecule has 2 aliphatic rings. The van der Waals surface area contributed by atoms with Crippen LogP contribution in [0.3, 0.4) is 0 Å². The van der Waals surface area contributed by atoms with Gasteiger partial charge in [-0.2, -0.15) is 0 Å². The third-order valence-corrected chi connectivity index (χ3v) is 5.01. The number of pyridine rings is 1. The van der Waals surface area contributed by atoms with E-state index in [2.05, 4.69) is 14.8 Å². The van der Waals surface area contributed by atoms with Crippen molar-refractivity contribution in [3.05, 3.63) is 30.1 Å². The zero-order chi connectivity index (χ0) is 17.6. The van der Waals surface area contributed by atoms with Gasteiger partial charge in [-0.25, -0.2) is 0 Å². The van der Waals surface area contributed by atoms with E-state index in [1.54, 1.807) is 6.20 Å². The lowest BCUT2D eigenvalue weighted by molar-refractivity contribution is -0.131. The second-order valence-electron chi connectivity index (χ2n) is 6.93. The molecule has 0 aromatic carbocycles. The number of rotatable bonds is 6. The van der Waals surface area contributed by atoms with E-state index in [1.165, 1.54) is 0 Å². The Labute approximate surface area is 149 Å². The van der Waals surface area contributed by atoms with Gasteiger partial charge >= 0.3 is 0 Å². The predicted molar refractivity (Wildman–Crippen MR) is 94.0 cm³/mol. The zero-order valence-electron chi connectivity index (χ0n) is 14.9. The Hall–Kier alpha value is -1.54. The summed E-state index contributed by atoms with van der Waals surface area (Å²) in [5.41, 5.74) is 1.14. The van der Waals surface area contributed by atoms with Crippen LogP contribution >= 0.6 is 0 Å². The summed E-state index contributed by atoms with van der Waals surface area (Å²) in [5, 5.41) is 10.3. The van der Waals surface area contributed by atoms with Crippen LogP contribution in [0.2, 0.25) is 0 Å². The van der Waals surface area contributed by atoms with Crippen molar-refractivity contribution < 1.29 is 14.6 Å². The number of carbonyl (C=O) groups is 1. The SMILES string of the molecule is CN(CCC(=O)N1C[C@@H](O)[C@H](N2CCOCC2)C1)Cc1cccnc1. The molecule has 0 saturated carbocycles. The molecular formula is C18H28N4O3. The Kier molecular flexibility index (Phi) is 6.36. The third kappa shape index (κ3) is 4.98. The topological polar surface area (TPSA) is 69.1 Å². The van der Waals surface area contributed by atoms with Gasteiger partial charge in [0, 0.05) is 58.1 Å². The molecule has 3 heterocycles. The van der Waals surface area contributed by atoms with Crippen LogP contribution < -0.4 is 0 Å². The van der Waals surface area contributed by atoms with Gasteiger partial charge in [0.05, 0.1) is 25.4 Å². The number of aliphatic hydroxyl groups excluding tert-OH is 1. The van der Waals surface area contributed by atoms with Crippen molar-refractivity contribution in [2.24, 2.45) is 0 Å². The fraction of sp³-hybridized carbons (Fsp3) is 0.667. The fourth-order valence-electron chi connectivity index (χ4n) is 3.57. The maximum Gasteiger partial charge on any atom is 0.224 e. The van der Waals surface area contributed by atoms with Gasteiger partial charge in [-0.15, -0.1) is 0 Å². The number of likely N-dealkylation sites (tertiary alicyclic amines) is 1. The summed E-state index contributed by atoms with van der Waals surface area (Å²) in [4.78, 5) is 22.8. The molecule has 1 aromatic rings. The lowest BCUT2D eigenvalue weighted by atomic mass is 10.1. The van der Waals surface area contributed by atoms with Crippen molar-refractivity contribution >= 4 is 5.91 Å². The number of hydrogen-bond acceptors (Lipinski definition) is 6. The Bertz CT molecular complexity index is 551. The van der Waals surface area contributed by atoms with Gasteiger partial charge in [-0.1, -0.05) is 6.07 Å². The number of morpholine rings is 1. The van der Waals surface area contributed by atoms with Gasteiger partial charge in [0.1, 0.15) is 0 Å². The largest absolute Gasteiger partial charge is 0.390 e. The van der Waals surface area contributed by atoms with Crippen LogP contribution in [0.15, 0.2) is 24.5 Å². The number of ether oxygens (including phenoxy) is 1. The first-order chi connectivity index (χ1) is 12.1. The number of β-amino-alcohol motifs (C(OH)–C–C–N with tert-alkyl or cyclic N) is 1. The van der Waals surface area contributed by atoms with Gasteiger partial charge < -0.3 is 19.6 Å². The van der Waals surface area contributed by atoms with Gasteiger partial charge in [-0.05, 0) is 18.7 Å². The van der Waals surface area contributed by atoms with Gasteiger partial charge in [0.25, 0.3) is 0 Å². The van der Waals surface area contributed by atoms with Crippen molar-refractivity contribution in [1.29, 1.82) is 0 Å². The summed E-state index contributed by atoms with van der Waals surface area (Å²) in [6.07, 6.45) is 3.62. The minimum absolute atomic E-state index is 0.0426. The molecule has 0 unspecified atom stereocenters. The normalized spacial score (nSPS) is 24.8. The van der Waals surface area contributed by atoms with Crippen LogP contribution in [0.1, 0.15) is 12.0 Å². The molecule has 1 aromatic heterocycles. The number of aromatic nitrogens is 1. The number of aliphatic hydroxyl groups is 1. The molecule has 2 atom stereocenters. The highest BCUT2D eigenvalue weighted by molar-refractivity contribution is 5.76. The zero-order valence-corrected chi connectivity index (χ0v) is 14.9. The molecular weight excluding hydrogens is 320 g/mol. The lowest BCUT2D eigenvalue weighted by Gasteiger charge is -2.33. The minimum atomic E-state index is -0.463. The van der Waals surface area contributed by atoms with Crippen molar-refractivity contribution in [2.45, 2.75) is 25.1 Å². The molecule has 0 radical (unpaired) electrons. The minimum Gasteiger partial charge on any atom is -0.390 e. The summed E-state index contributed by atoms with van der Waals surface area (Å²) in [6.45, 7) is 5.60. The molecule has 0 aliphatic carbocycles. The average molecular weight is 348 g/mol. The molecule has 1 amide bonds. The quantitative estimate of drug-likeness (QED) is 0.768. The maximum atomic E-state index is 12.5. The third-order valence-electron chi connectivity index (χ3n) is 5.01. The molecule has 7 heteroatoms. The number of hydrogen-bond donors (Lipinski definition) is 1. The summed E-state index contributed by atoms with van der Waals surface area (Å²) in [6, 6.07) is 4.00. The summed E-state index contributed by atoms with van der Waals surface area (Å²) < 4.78 is 5.37. The summed E-state index contributed by atoms with van der Waals surface area (Å²) in [7, 11) is 2.01. The molecule has 2 saturated heterocycles. The van der Waals surface area contributed by atoms with E-state index < -0.39 is 6.10 Å². The molecule has 1 N–H and O–H groups in total. The van der Waals surface area contributed by atoms with Crippen molar-refractivity contribution in [1.82, 2.24) is 19.7 Å². The first-order valence-electron chi connectivity index (χ1n) is 8.98. The van der Waals surface area contributed by atoms with Crippen LogP contribution in [-0.4, -0.2) is 95.8 Å². The molecule has 7 nitrogen and oxygen atoms in total. The number of carbonyl (C=O) groups excluding carboxylic acids is 1. The summed E-state index contributed by atoms with van der Waals surface area (Å²) in [5.74, 6) is 0.118. The Balaban J connectivity index is 1.43. The summed E-state index contributed by atoms with van der Waals surface area (Å²) >= 11 is 0. The fourth-order valence-corrected chi connectivity index (χ4v) is 3.57. The molecule has 0 bridgehead atoms. The maximum absolute atomic E-state index is 12.5. The molecule has 2 fully saturated rings. The molecule has 25 heavy (non-hydrogen) atoms. The molecule has 2 aliphatic heterocycles. The Morgan fingerprint density at radius 2 is 2.20 bits per heavy atom. The van der Waals surface area contributed by atoms with Crippen LogP contribution in [0, 0.1) is 0 Å². The first kappa shape index (κ1) is 18.3. The van der Waals surface area contributed by atoms with Gasteiger partial charge in [-0.3, -0.25) is 14.7 Å². The van der Waals surface area contributed by atoms with Crippen LogP contribution in [0.25, 0.3) is 0 Å². The van der Waals surface area contributed by atoms with Crippen LogP contribution in [0.4, 0.5) is 0 Å². The Morgan fingerprint density at radius 1 is 1.40 bits per heavy atom. The van der Waals surface area contributed by atoms with E-state index in [1.807, 2.05) is 30.3 Å². The standard InChI is InChI=1S/C18H28N4O3/c1-20(12-15-3-2-5-19-11-15)6-4-18(24)22-13-16(17(23)14-22)21-7-9-25-10-8-21/h2-3,5,11,16-17,23H,4,6-10,12-14H2,1H3/t16-,17-/m1/s1. The molecule has 0 spiro atoms. The van der Waals surface area contributed by atoms with Crippen molar-refractivity contribution in [2.75, 3.05) is 53.0 Å². The number of nitrogens with zero attached hydrogens (tertiary/aromatic N) is 4. The van der Waals surface area contributed by atoms with E-state index in [9.17, 15) is 9.90 Å². The lowest BCUT2D eigenvalue weighted by Crippen LogP contribution is -2.49. The van der Waals surface area contributed by atoms with E-state index in [0.717, 1.165) is 25.2 Å². The van der Waals surface area contributed by atoms with Gasteiger partial charge in [0.15, 0.2) is 0 Å². The first-order valence-corrected chi connectivity index (χ1v) is 8.98. The van der Waals surface area contributed by atoms with E-state index in [-0.39, 0.29) is 11.9 Å². The highest BCUT2D eigenvalue weighted by Crippen LogP contribution is 2.18. The van der Waals surface area contributed by atoms with Crippen LogP contribution in [0.5, 0.6) is 0 Å². The van der Waals surface area contributed by atoms with Crippen molar-refractivity contribution in [3.8, 4) is 0 Å².